The third-order valence-corrected chi connectivity index (χ3v) is 3.55. The van der Waals surface area contributed by atoms with Gasteiger partial charge in [0.15, 0.2) is 0 Å². The highest BCUT2D eigenvalue weighted by Gasteiger charge is 2.35. The summed E-state index contributed by atoms with van der Waals surface area (Å²) in [7, 11) is 0. The number of hydrogen-bond donors (Lipinski definition) is 1. The van der Waals surface area contributed by atoms with Gasteiger partial charge in [0.05, 0.1) is 0 Å². The van der Waals surface area contributed by atoms with Gasteiger partial charge in [-0.15, -0.1) is 0 Å². The molecule has 2 aromatic rings. The van der Waals surface area contributed by atoms with Crippen LogP contribution in [0.15, 0.2) is 28.8 Å². The van der Waals surface area contributed by atoms with E-state index in [4.69, 9.17) is 26.6 Å². The minimum absolute atomic E-state index is 0.464. The van der Waals surface area contributed by atoms with Crippen LogP contribution in [-0.2, 0) is 10.3 Å². The lowest BCUT2D eigenvalue weighted by molar-refractivity contribution is 0.0400. The van der Waals surface area contributed by atoms with Gasteiger partial charge in [-0.2, -0.15) is 4.98 Å². The maximum Gasteiger partial charge on any atom is 0.247 e. The van der Waals surface area contributed by atoms with Crippen molar-refractivity contribution in [3.05, 3.63) is 35.2 Å². The second-order valence-corrected chi connectivity index (χ2v) is 5.14. The van der Waals surface area contributed by atoms with Crippen molar-refractivity contribution in [2.45, 2.75) is 18.4 Å². The Balaban J connectivity index is 1.91. The number of ether oxygens (including phenoxy) is 1. The highest BCUT2D eigenvalue weighted by molar-refractivity contribution is 6.30. The Labute approximate surface area is 115 Å². The molecule has 5 nitrogen and oxygen atoms in total. The van der Waals surface area contributed by atoms with Crippen molar-refractivity contribution in [3.63, 3.8) is 0 Å². The monoisotopic (exact) mass is 279 g/mol. The highest BCUT2D eigenvalue weighted by atomic mass is 35.5. The Hall–Kier alpha value is -1.43. The van der Waals surface area contributed by atoms with Crippen LogP contribution in [0.5, 0.6) is 0 Å². The number of rotatable bonds is 2. The van der Waals surface area contributed by atoms with Crippen LogP contribution in [0.2, 0.25) is 5.02 Å². The molecule has 1 saturated heterocycles. The Kier molecular flexibility index (Phi) is 3.26. The summed E-state index contributed by atoms with van der Waals surface area (Å²) in [5.74, 6) is 0.972. The molecule has 2 N–H and O–H groups in total. The van der Waals surface area contributed by atoms with E-state index in [9.17, 15) is 0 Å². The third kappa shape index (κ3) is 2.49. The number of halogens is 1. The van der Waals surface area contributed by atoms with Gasteiger partial charge in [-0.05, 0) is 25.0 Å². The van der Waals surface area contributed by atoms with Gasteiger partial charge >= 0.3 is 0 Å². The maximum atomic E-state index is 6.30. The van der Waals surface area contributed by atoms with Crippen molar-refractivity contribution >= 4 is 11.6 Å². The summed E-state index contributed by atoms with van der Waals surface area (Å²) < 4.78 is 10.6. The molecular weight excluding hydrogens is 266 g/mol. The largest absolute Gasteiger partial charge is 0.381 e. The fraction of sp³-hybridized carbons (Fsp3) is 0.385. The van der Waals surface area contributed by atoms with E-state index < -0.39 is 5.54 Å². The Morgan fingerprint density at radius 1 is 1.26 bits per heavy atom. The van der Waals surface area contributed by atoms with Crippen LogP contribution in [0, 0.1) is 0 Å². The summed E-state index contributed by atoms with van der Waals surface area (Å²) in [5, 5.41) is 4.62. The minimum atomic E-state index is -0.581. The smallest absolute Gasteiger partial charge is 0.247 e. The highest BCUT2D eigenvalue weighted by Crippen LogP contribution is 2.29. The molecule has 3 rings (SSSR count). The third-order valence-electron chi connectivity index (χ3n) is 3.32. The molecule has 0 atom stereocenters. The van der Waals surface area contributed by atoms with Crippen LogP contribution in [0.1, 0.15) is 18.7 Å². The van der Waals surface area contributed by atoms with Crippen molar-refractivity contribution in [1.29, 1.82) is 0 Å². The predicted molar refractivity (Wildman–Crippen MR) is 70.7 cm³/mol. The molecule has 2 heterocycles. The molecule has 1 aliphatic rings. The normalized spacial score (nSPS) is 18.4. The van der Waals surface area contributed by atoms with E-state index in [1.807, 2.05) is 12.1 Å². The van der Waals surface area contributed by atoms with Crippen LogP contribution < -0.4 is 5.73 Å². The lowest BCUT2D eigenvalue weighted by Gasteiger charge is -2.29. The molecule has 1 aromatic heterocycles. The van der Waals surface area contributed by atoms with Crippen LogP contribution in [0.25, 0.3) is 11.4 Å². The lowest BCUT2D eigenvalue weighted by atomic mass is 9.91. The van der Waals surface area contributed by atoms with E-state index >= 15 is 0 Å². The van der Waals surface area contributed by atoms with Gasteiger partial charge in [0.1, 0.15) is 5.54 Å². The summed E-state index contributed by atoms with van der Waals surface area (Å²) in [5.41, 5.74) is 6.54. The average Bonchev–Trinajstić information content (AvgIpc) is 2.90. The zero-order valence-corrected chi connectivity index (χ0v) is 11.1. The Morgan fingerprint density at radius 3 is 2.79 bits per heavy atom. The average molecular weight is 280 g/mol. The topological polar surface area (TPSA) is 74.2 Å². The molecule has 0 radical (unpaired) electrons. The van der Waals surface area contributed by atoms with Crippen molar-refractivity contribution in [2.75, 3.05) is 13.2 Å². The lowest BCUT2D eigenvalue weighted by Crippen LogP contribution is -2.42. The fourth-order valence-electron chi connectivity index (χ4n) is 2.12. The molecule has 0 saturated carbocycles. The first kappa shape index (κ1) is 12.6. The first-order valence-electron chi connectivity index (χ1n) is 6.14. The number of nitrogens with two attached hydrogens (primary N) is 1. The zero-order chi connectivity index (χ0) is 13.3. The molecule has 1 aliphatic heterocycles. The van der Waals surface area contributed by atoms with Gasteiger partial charge in [-0.1, -0.05) is 28.9 Å². The SMILES string of the molecule is NC1(c2nc(-c3cccc(Cl)c3)no2)CCOCC1. The number of nitrogens with zero attached hydrogens (tertiary/aromatic N) is 2. The quantitative estimate of drug-likeness (QED) is 0.913. The van der Waals surface area contributed by atoms with Gasteiger partial charge in [-0.25, -0.2) is 0 Å². The summed E-state index contributed by atoms with van der Waals surface area (Å²) in [4.78, 5) is 4.40. The summed E-state index contributed by atoms with van der Waals surface area (Å²) in [6, 6.07) is 7.33. The molecule has 100 valence electrons. The van der Waals surface area contributed by atoms with E-state index in [0.29, 0.717) is 42.8 Å². The van der Waals surface area contributed by atoms with Gasteiger partial charge in [0.2, 0.25) is 11.7 Å². The van der Waals surface area contributed by atoms with Crippen LogP contribution in [0.3, 0.4) is 0 Å². The first-order chi connectivity index (χ1) is 9.17. The maximum absolute atomic E-state index is 6.30. The first-order valence-corrected chi connectivity index (χ1v) is 6.52. The van der Waals surface area contributed by atoms with Crippen LogP contribution in [-0.4, -0.2) is 23.4 Å². The summed E-state index contributed by atoms with van der Waals surface area (Å²) in [6.07, 6.45) is 1.37. The molecule has 0 unspecified atom stereocenters. The molecule has 1 aromatic carbocycles. The second-order valence-electron chi connectivity index (χ2n) is 4.70. The summed E-state index contributed by atoms with van der Waals surface area (Å²) in [6.45, 7) is 1.23. The van der Waals surface area contributed by atoms with E-state index in [-0.39, 0.29) is 0 Å². The molecule has 6 heteroatoms. The van der Waals surface area contributed by atoms with Crippen molar-refractivity contribution in [1.82, 2.24) is 10.1 Å². The van der Waals surface area contributed by atoms with Crippen molar-refractivity contribution in [3.8, 4) is 11.4 Å². The molecule has 0 bridgehead atoms. The molecule has 0 aliphatic carbocycles. The van der Waals surface area contributed by atoms with Gasteiger partial charge in [0, 0.05) is 23.8 Å². The van der Waals surface area contributed by atoms with E-state index in [2.05, 4.69) is 10.1 Å². The Morgan fingerprint density at radius 2 is 2.05 bits per heavy atom. The van der Waals surface area contributed by atoms with Crippen molar-refractivity contribution in [2.24, 2.45) is 5.73 Å². The molecule has 1 fully saturated rings. The molecule has 19 heavy (non-hydrogen) atoms. The number of hydrogen-bond acceptors (Lipinski definition) is 5. The van der Waals surface area contributed by atoms with E-state index in [1.54, 1.807) is 12.1 Å². The molecular formula is C13H14ClN3O2. The van der Waals surface area contributed by atoms with Crippen molar-refractivity contribution < 1.29 is 9.26 Å². The van der Waals surface area contributed by atoms with Crippen LogP contribution in [0.4, 0.5) is 0 Å². The van der Waals surface area contributed by atoms with Gasteiger partial charge in [0.25, 0.3) is 0 Å². The fourth-order valence-corrected chi connectivity index (χ4v) is 2.31. The number of benzene rings is 1. The molecule has 0 amide bonds. The predicted octanol–water partition coefficient (Wildman–Crippen LogP) is 2.35. The van der Waals surface area contributed by atoms with E-state index in [0.717, 1.165) is 5.56 Å². The summed E-state index contributed by atoms with van der Waals surface area (Å²) >= 11 is 5.95. The molecule has 0 spiro atoms. The minimum Gasteiger partial charge on any atom is -0.381 e. The number of aromatic nitrogens is 2. The second kappa shape index (κ2) is 4.92. The zero-order valence-electron chi connectivity index (χ0n) is 10.3. The van der Waals surface area contributed by atoms with Crippen LogP contribution >= 0.6 is 11.6 Å². The van der Waals surface area contributed by atoms with Gasteiger partial charge in [-0.3, -0.25) is 0 Å². The standard InChI is InChI=1S/C13H14ClN3O2/c14-10-3-1-2-9(8-10)11-16-12(19-17-11)13(15)4-6-18-7-5-13/h1-3,8H,4-7,15H2. The van der Waals surface area contributed by atoms with Gasteiger partial charge < -0.3 is 15.0 Å². The van der Waals surface area contributed by atoms with E-state index in [1.165, 1.54) is 0 Å². The Bertz CT molecular complexity index is 579.